The number of piperidine rings is 1. The number of carboxylic acid groups (broad SMARTS) is 1. The number of rotatable bonds is 10. The van der Waals surface area contributed by atoms with Gasteiger partial charge in [-0.25, -0.2) is 13.2 Å². The van der Waals surface area contributed by atoms with Crippen LogP contribution in [-0.4, -0.2) is 73.9 Å². The molecule has 2 heterocycles. The highest BCUT2D eigenvalue weighted by atomic mass is 19.4. The lowest BCUT2D eigenvalue weighted by Gasteiger charge is -2.32. The molecular formula is C40H43F6N3O5. The molecule has 6 rings (SSSR count). The Morgan fingerprint density at radius 3 is 2.24 bits per heavy atom. The first kappa shape index (κ1) is 40.2. The number of aliphatic carboxylic acids is 1. The Kier molecular flexibility index (Phi) is 12.3. The molecule has 3 N–H and O–H groups in total. The van der Waals surface area contributed by atoms with Gasteiger partial charge in [-0.1, -0.05) is 42.5 Å². The predicted molar refractivity (Wildman–Crippen MR) is 194 cm³/mol. The average molecular weight is 760 g/mol. The normalized spacial score (nSPS) is 17.2. The van der Waals surface area contributed by atoms with Gasteiger partial charge >= 0.3 is 12.1 Å². The maximum absolute atomic E-state index is 13.8. The summed E-state index contributed by atoms with van der Waals surface area (Å²) in [5, 5.41) is 11.1. The van der Waals surface area contributed by atoms with Crippen LogP contribution in [0.1, 0.15) is 59.2 Å². The highest BCUT2D eigenvalue weighted by molar-refractivity contribution is 6.01. The Labute approximate surface area is 309 Å². The van der Waals surface area contributed by atoms with Crippen molar-refractivity contribution in [3.63, 3.8) is 0 Å². The minimum atomic E-state index is -4.36. The van der Waals surface area contributed by atoms with Gasteiger partial charge in [0.15, 0.2) is 0 Å². The first-order valence-electron chi connectivity index (χ1n) is 17.5. The van der Waals surface area contributed by atoms with E-state index in [0.717, 1.165) is 44.0 Å². The van der Waals surface area contributed by atoms with Crippen molar-refractivity contribution in [1.82, 2.24) is 4.90 Å². The number of carbonyl (C=O) groups is 2. The fourth-order valence-corrected chi connectivity index (χ4v) is 7.34. The maximum Gasteiger partial charge on any atom is 0.408 e. The number of primary amides is 1. The number of aryl methyl sites for hydroxylation is 2. The van der Waals surface area contributed by atoms with E-state index in [0.29, 0.717) is 44.0 Å². The van der Waals surface area contributed by atoms with Crippen molar-refractivity contribution in [2.24, 2.45) is 5.73 Å². The zero-order chi connectivity index (χ0) is 39.4. The Hall–Kier alpha value is -4.98. The van der Waals surface area contributed by atoms with E-state index in [9.17, 15) is 35.9 Å². The first-order valence-corrected chi connectivity index (χ1v) is 17.5. The van der Waals surface area contributed by atoms with Gasteiger partial charge in [-0.05, 0) is 71.8 Å². The number of carboxylic acids is 1. The number of nitrogens with two attached hydrogens (primary N) is 1. The van der Waals surface area contributed by atoms with Gasteiger partial charge in [0.05, 0.1) is 25.3 Å². The van der Waals surface area contributed by atoms with E-state index in [4.69, 9.17) is 20.3 Å². The topological polar surface area (TPSA) is 105 Å². The first-order chi connectivity index (χ1) is 25.5. The molecule has 4 aromatic rings. The van der Waals surface area contributed by atoms with Gasteiger partial charge in [-0.2, -0.15) is 13.2 Å². The van der Waals surface area contributed by atoms with Crippen LogP contribution in [0.2, 0.25) is 0 Å². The number of carbonyl (C=O) groups excluding carboxylic acids is 1. The lowest BCUT2D eigenvalue weighted by molar-refractivity contribution is -0.146. The minimum Gasteiger partial charge on any atom is -0.496 e. The van der Waals surface area contributed by atoms with E-state index >= 15 is 0 Å². The number of anilines is 1. The van der Waals surface area contributed by atoms with Crippen molar-refractivity contribution in [1.29, 1.82) is 0 Å². The van der Waals surface area contributed by atoms with Gasteiger partial charge in [-0.3, -0.25) is 14.5 Å². The number of halogens is 6. The molecule has 4 aromatic carbocycles. The van der Waals surface area contributed by atoms with Crippen molar-refractivity contribution >= 4 is 28.3 Å². The molecule has 2 aliphatic heterocycles. The summed E-state index contributed by atoms with van der Waals surface area (Å²) in [6.07, 6.45) is -3.76. The zero-order valence-corrected chi connectivity index (χ0v) is 30.2. The van der Waals surface area contributed by atoms with Crippen molar-refractivity contribution in [2.75, 3.05) is 38.8 Å². The number of benzene rings is 4. The number of hydrogen-bond donors (Lipinski definition) is 2. The van der Waals surface area contributed by atoms with Crippen molar-refractivity contribution < 1.29 is 50.5 Å². The molecule has 0 aliphatic carbocycles. The van der Waals surface area contributed by atoms with Gasteiger partial charge in [-0.15, -0.1) is 0 Å². The van der Waals surface area contributed by atoms with E-state index in [-0.39, 0.29) is 49.0 Å². The third kappa shape index (κ3) is 9.03. The van der Waals surface area contributed by atoms with Crippen LogP contribution in [0.5, 0.6) is 11.5 Å². The van der Waals surface area contributed by atoms with Crippen LogP contribution in [0.4, 0.5) is 32.0 Å². The second kappa shape index (κ2) is 16.6. The molecule has 2 fully saturated rings. The monoisotopic (exact) mass is 759 g/mol. The number of amides is 1. The van der Waals surface area contributed by atoms with Gasteiger partial charge in [0.2, 0.25) is 0 Å². The summed E-state index contributed by atoms with van der Waals surface area (Å²) in [6.45, 7) is 2.83. The zero-order valence-electron chi connectivity index (χ0n) is 30.2. The highest BCUT2D eigenvalue weighted by Crippen LogP contribution is 2.45. The Morgan fingerprint density at radius 2 is 1.63 bits per heavy atom. The molecular weight excluding hydrogens is 716 g/mol. The number of likely N-dealkylation sites (tertiary alicyclic amines) is 1. The number of nitrogens with zero attached hydrogens (tertiary/aromatic N) is 2. The van der Waals surface area contributed by atoms with Crippen LogP contribution in [0.25, 0.3) is 21.9 Å². The highest BCUT2D eigenvalue weighted by Gasteiger charge is 2.46. The molecule has 0 spiro atoms. The summed E-state index contributed by atoms with van der Waals surface area (Å²) >= 11 is 0. The van der Waals surface area contributed by atoms with Crippen molar-refractivity contribution in [2.45, 2.75) is 70.1 Å². The Balaban J connectivity index is 0.000000239. The average Bonchev–Trinajstić information content (AvgIpc) is 3.62. The smallest absolute Gasteiger partial charge is 0.408 e. The summed E-state index contributed by atoms with van der Waals surface area (Å²) in [5.41, 5.74) is 8.71. The number of hydrogen-bond acceptors (Lipinski definition) is 6. The van der Waals surface area contributed by atoms with Crippen LogP contribution in [0.3, 0.4) is 0 Å². The van der Waals surface area contributed by atoms with Crippen LogP contribution >= 0.6 is 0 Å². The second-order valence-electron chi connectivity index (χ2n) is 13.6. The van der Waals surface area contributed by atoms with Gasteiger partial charge < -0.3 is 25.2 Å². The Bertz CT molecular complexity index is 1970. The van der Waals surface area contributed by atoms with E-state index in [1.165, 1.54) is 13.0 Å². The number of ether oxygens (including phenoxy) is 2. The molecule has 8 nitrogen and oxygen atoms in total. The summed E-state index contributed by atoms with van der Waals surface area (Å²) in [7, 11) is 3.21. The lowest BCUT2D eigenvalue weighted by atomic mass is 9.92. The molecule has 0 aromatic heterocycles. The molecule has 54 heavy (non-hydrogen) atoms. The summed E-state index contributed by atoms with van der Waals surface area (Å²) in [4.78, 5) is 25.4. The fourth-order valence-electron chi connectivity index (χ4n) is 7.34. The molecule has 14 heteroatoms. The van der Waals surface area contributed by atoms with Crippen LogP contribution in [0, 0.1) is 12.7 Å². The van der Waals surface area contributed by atoms with E-state index in [1.807, 2.05) is 53.4 Å². The van der Waals surface area contributed by atoms with E-state index < -0.39 is 35.8 Å². The van der Waals surface area contributed by atoms with Gasteiger partial charge in [0, 0.05) is 56.7 Å². The molecule has 0 saturated carbocycles. The number of fused-ring (bicyclic) bond motifs is 1. The van der Waals surface area contributed by atoms with E-state index in [2.05, 4.69) is 0 Å². The number of alkyl halides is 5. The molecule has 1 atom stereocenters. The third-order valence-electron chi connectivity index (χ3n) is 9.98. The van der Waals surface area contributed by atoms with Crippen molar-refractivity contribution in [3.8, 4) is 22.6 Å². The predicted octanol–water partition coefficient (Wildman–Crippen LogP) is 8.54. The molecule has 2 aliphatic rings. The molecule has 0 radical (unpaired) electrons. The van der Waals surface area contributed by atoms with Gasteiger partial charge in [0.1, 0.15) is 23.4 Å². The quantitative estimate of drug-likeness (QED) is 0.156. The van der Waals surface area contributed by atoms with Crippen LogP contribution in [-0.2, 0) is 17.8 Å². The summed E-state index contributed by atoms with van der Waals surface area (Å²) < 4.78 is 91.4. The largest absolute Gasteiger partial charge is 0.496 e. The molecule has 2 saturated heterocycles. The maximum atomic E-state index is 13.8. The molecule has 1 unspecified atom stereocenters. The van der Waals surface area contributed by atoms with Gasteiger partial charge in [0.25, 0.3) is 11.8 Å². The summed E-state index contributed by atoms with van der Waals surface area (Å²) in [5.74, 6) is -3.94. The molecule has 0 bridgehead atoms. The van der Waals surface area contributed by atoms with Crippen LogP contribution < -0.4 is 20.1 Å². The van der Waals surface area contributed by atoms with Crippen LogP contribution in [0.15, 0.2) is 60.7 Å². The Morgan fingerprint density at radius 1 is 0.944 bits per heavy atom. The standard InChI is InChI=1S/C27H29F2NO4.C13H14F4N2O/c1-33-23-11-9-19(17-30-15-13-27(28,29)14-16-30)26(34-2)25(23)22-8-4-6-20-18(10-12-24(31)32)5-3-7-21(20)22;1-7-5-8(6-9(14)11(7)12(18)20)19-4-2-3-10(19)13(15,16)17/h3-9,11H,10,12-17H2,1-2H3,(H,31,32);5-6,10H,2-4H2,1H3,(H2,18,20). The lowest BCUT2D eigenvalue weighted by Crippen LogP contribution is -2.41. The van der Waals surface area contributed by atoms with E-state index in [1.54, 1.807) is 14.2 Å². The SMILES string of the molecule is COc1ccc(CN2CCC(F)(F)CC2)c(OC)c1-c1cccc2c(CCC(=O)O)cccc12.Cc1cc(N2CCCC2C(F)(F)F)cc(F)c1C(N)=O. The number of methoxy groups -OCH3 is 2. The second-order valence-corrected chi connectivity index (χ2v) is 13.6. The minimum absolute atomic E-state index is 0.0122. The molecule has 1 amide bonds. The van der Waals surface area contributed by atoms with Crippen molar-refractivity contribution in [3.05, 3.63) is 88.7 Å². The summed E-state index contributed by atoms with van der Waals surface area (Å²) in [6, 6.07) is 16.3. The molecule has 290 valence electrons. The third-order valence-corrected chi connectivity index (χ3v) is 9.98. The fraction of sp³-hybridized carbons (Fsp3) is 0.400.